The molecule has 0 radical (unpaired) electrons. The Morgan fingerprint density at radius 2 is 1.71 bits per heavy atom. The van der Waals surface area contributed by atoms with Gasteiger partial charge in [-0.1, -0.05) is 19.9 Å². The Hall–Kier alpha value is -2.89. The van der Waals surface area contributed by atoms with Gasteiger partial charge in [0.1, 0.15) is 23.0 Å². The number of nitrogens with one attached hydrogen (secondary N) is 1. The average molecular weight is 487 g/mol. The minimum absolute atomic E-state index is 0.111. The fourth-order valence-corrected chi connectivity index (χ4v) is 4.27. The van der Waals surface area contributed by atoms with Gasteiger partial charge in [0.25, 0.3) is 0 Å². The highest BCUT2D eigenvalue weighted by Crippen LogP contribution is 2.38. The smallest absolute Gasteiger partial charge is 0.239 e. The maximum Gasteiger partial charge on any atom is 0.239 e. The van der Waals surface area contributed by atoms with Crippen LogP contribution in [0.2, 0.25) is 0 Å². The first-order valence-corrected chi connectivity index (χ1v) is 12.0. The van der Waals surface area contributed by atoms with E-state index < -0.39 is 6.29 Å². The van der Waals surface area contributed by atoms with Crippen molar-refractivity contribution in [3.8, 4) is 17.2 Å². The van der Waals surface area contributed by atoms with Gasteiger partial charge in [-0.25, -0.2) is 9.97 Å². The Morgan fingerprint density at radius 3 is 2.32 bits per heavy atom. The van der Waals surface area contributed by atoms with Crippen LogP contribution in [0.5, 0.6) is 11.5 Å². The SMILES string of the molecule is COc1cccc(OC)c1-n1c(NSC(C)C(C)c2ncc(C)cn2)nnc1C1OCCCO1. The number of benzene rings is 1. The minimum Gasteiger partial charge on any atom is -0.494 e. The summed E-state index contributed by atoms with van der Waals surface area (Å²) in [4.78, 5) is 8.96. The van der Waals surface area contributed by atoms with Gasteiger partial charge in [0.15, 0.2) is 5.82 Å². The highest BCUT2D eigenvalue weighted by atomic mass is 32.2. The Balaban J connectivity index is 1.65. The Morgan fingerprint density at radius 1 is 1.06 bits per heavy atom. The van der Waals surface area contributed by atoms with Gasteiger partial charge in [0, 0.05) is 23.6 Å². The Kier molecular flexibility index (Phi) is 7.86. The van der Waals surface area contributed by atoms with E-state index in [0.717, 1.165) is 17.8 Å². The molecule has 1 aromatic carbocycles. The highest BCUT2D eigenvalue weighted by Gasteiger charge is 2.29. The molecule has 0 aliphatic carbocycles. The van der Waals surface area contributed by atoms with Crippen molar-refractivity contribution in [3.63, 3.8) is 0 Å². The van der Waals surface area contributed by atoms with Crippen molar-refractivity contribution in [1.82, 2.24) is 24.7 Å². The zero-order valence-electron chi connectivity index (χ0n) is 20.0. The minimum atomic E-state index is -0.645. The van der Waals surface area contributed by atoms with Crippen molar-refractivity contribution in [2.45, 2.75) is 44.6 Å². The van der Waals surface area contributed by atoms with Crippen molar-refractivity contribution >= 4 is 17.9 Å². The predicted molar refractivity (Wildman–Crippen MR) is 130 cm³/mol. The van der Waals surface area contributed by atoms with Crippen LogP contribution in [0.25, 0.3) is 5.69 Å². The zero-order valence-corrected chi connectivity index (χ0v) is 20.8. The monoisotopic (exact) mass is 486 g/mol. The first-order valence-electron chi connectivity index (χ1n) is 11.1. The van der Waals surface area contributed by atoms with Crippen LogP contribution in [0.4, 0.5) is 5.95 Å². The number of aryl methyl sites for hydroxylation is 1. The van der Waals surface area contributed by atoms with E-state index in [1.54, 1.807) is 14.2 Å². The van der Waals surface area contributed by atoms with Gasteiger partial charge in [-0.15, -0.1) is 10.2 Å². The molecule has 1 aliphatic heterocycles. The van der Waals surface area contributed by atoms with Crippen molar-refractivity contribution < 1.29 is 18.9 Å². The van der Waals surface area contributed by atoms with E-state index in [2.05, 4.69) is 38.7 Å². The van der Waals surface area contributed by atoms with E-state index in [-0.39, 0.29) is 11.2 Å². The summed E-state index contributed by atoms with van der Waals surface area (Å²) in [5.74, 6) is 3.14. The van der Waals surface area contributed by atoms with Gasteiger partial charge in [0.2, 0.25) is 12.2 Å². The molecule has 1 saturated heterocycles. The van der Waals surface area contributed by atoms with Crippen LogP contribution in [0.15, 0.2) is 30.6 Å². The van der Waals surface area contributed by atoms with Crippen molar-refractivity contribution in [2.24, 2.45) is 0 Å². The van der Waals surface area contributed by atoms with Crippen molar-refractivity contribution in [3.05, 3.63) is 47.8 Å². The zero-order chi connectivity index (χ0) is 24.1. The van der Waals surface area contributed by atoms with Crippen molar-refractivity contribution in [1.29, 1.82) is 0 Å². The molecule has 10 nitrogen and oxygen atoms in total. The van der Waals surface area contributed by atoms with Gasteiger partial charge < -0.3 is 18.9 Å². The predicted octanol–water partition coefficient (Wildman–Crippen LogP) is 4.07. The maximum absolute atomic E-state index is 5.84. The van der Waals surface area contributed by atoms with Crippen LogP contribution in [0, 0.1) is 6.92 Å². The summed E-state index contributed by atoms with van der Waals surface area (Å²) in [5, 5.41) is 8.96. The van der Waals surface area contributed by atoms with E-state index in [1.165, 1.54) is 11.9 Å². The molecule has 0 bridgehead atoms. The lowest BCUT2D eigenvalue weighted by Crippen LogP contribution is -2.22. The number of rotatable bonds is 9. The number of hydrogen-bond donors (Lipinski definition) is 1. The van der Waals surface area contributed by atoms with Crippen LogP contribution in [-0.2, 0) is 9.47 Å². The number of anilines is 1. The average Bonchev–Trinajstić information content (AvgIpc) is 3.30. The molecule has 4 rings (SSSR count). The van der Waals surface area contributed by atoms with E-state index >= 15 is 0 Å². The molecule has 3 aromatic rings. The van der Waals surface area contributed by atoms with Crippen LogP contribution >= 0.6 is 11.9 Å². The topological polar surface area (TPSA) is 105 Å². The largest absolute Gasteiger partial charge is 0.494 e. The Labute approximate surface area is 203 Å². The summed E-state index contributed by atoms with van der Waals surface area (Å²) in [6, 6.07) is 5.59. The third-order valence-electron chi connectivity index (χ3n) is 5.60. The van der Waals surface area contributed by atoms with E-state index in [0.29, 0.717) is 42.2 Å². The fraction of sp³-hybridized carbons (Fsp3) is 0.478. The highest BCUT2D eigenvalue weighted by molar-refractivity contribution is 8.01. The molecule has 2 aromatic heterocycles. The lowest BCUT2D eigenvalue weighted by atomic mass is 10.1. The first kappa shape index (κ1) is 24.2. The van der Waals surface area contributed by atoms with E-state index in [4.69, 9.17) is 18.9 Å². The quantitative estimate of drug-likeness (QED) is 0.445. The molecule has 1 fully saturated rings. The molecular weight excluding hydrogens is 456 g/mol. The molecule has 1 N–H and O–H groups in total. The summed E-state index contributed by atoms with van der Waals surface area (Å²) >= 11 is 1.52. The third kappa shape index (κ3) is 5.11. The number of methoxy groups -OCH3 is 2. The third-order valence-corrected chi connectivity index (χ3v) is 6.68. The van der Waals surface area contributed by atoms with E-state index in [9.17, 15) is 0 Å². The summed E-state index contributed by atoms with van der Waals surface area (Å²) in [5.41, 5.74) is 1.70. The Bertz CT molecular complexity index is 1070. The number of para-hydroxylation sites is 1. The second-order valence-electron chi connectivity index (χ2n) is 7.99. The molecule has 2 unspecified atom stereocenters. The van der Waals surface area contributed by atoms with Gasteiger partial charge in [-0.2, -0.15) is 0 Å². The van der Waals surface area contributed by atoms with E-state index in [1.807, 2.05) is 42.1 Å². The summed E-state index contributed by atoms with van der Waals surface area (Å²) in [6.07, 6.45) is 3.86. The molecule has 1 aliphatic rings. The molecule has 0 saturated carbocycles. The van der Waals surface area contributed by atoms with Gasteiger partial charge in [-0.3, -0.25) is 9.29 Å². The fourth-order valence-electron chi connectivity index (χ4n) is 3.52. The normalized spacial score (nSPS) is 16.1. The maximum atomic E-state index is 5.84. The molecule has 3 heterocycles. The summed E-state index contributed by atoms with van der Waals surface area (Å²) in [7, 11) is 3.23. The molecule has 2 atom stereocenters. The van der Waals surface area contributed by atoms with Gasteiger partial charge >= 0.3 is 0 Å². The molecular formula is C23H30N6O4S. The molecule has 0 amide bonds. The lowest BCUT2D eigenvalue weighted by Gasteiger charge is -2.24. The van der Waals surface area contributed by atoms with Crippen LogP contribution in [0.3, 0.4) is 0 Å². The molecule has 182 valence electrons. The summed E-state index contributed by atoms with van der Waals surface area (Å²) in [6.45, 7) is 7.37. The lowest BCUT2D eigenvalue weighted by molar-refractivity contribution is -0.187. The van der Waals surface area contributed by atoms with Crippen LogP contribution in [-0.4, -0.2) is 57.4 Å². The molecule has 11 heteroatoms. The van der Waals surface area contributed by atoms with Crippen LogP contribution in [0.1, 0.15) is 49.7 Å². The van der Waals surface area contributed by atoms with Crippen molar-refractivity contribution in [2.75, 3.05) is 32.2 Å². The number of aromatic nitrogens is 5. The number of hydrogen-bond acceptors (Lipinski definition) is 10. The van der Waals surface area contributed by atoms with Gasteiger partial charge in [-0.05, 0) is 43.0 Å². The number of ether oxygens (including phenoxy) is 4. The second-order valence-corrected chi connectivity index (χ2v) is 9.17. The molecule has 0 spiro atoms. The standard InChI is InChI=1S/C23H30N6O4S/c1-14-12-24-20(25-13-14)15(2)16(3)34-28-23-27-26-21(22-32-10-7-11-33-22)29(23)19-17(30-4)8-6-9-18(19)31-5/h6,8-9,12-13,15-16,22H,7,10-11H2,1-5H3,(H,27,28). The van der Waals surface area contributed by atoms with Crippen LogP contribution < -0.4 is 14.2 Å². The summed E-state index contributed by atoms with van der Waals surface area (Å²) < 4.78 is 28.2. The second kappa shape index (κ2) is 11.0. The first-order chi connectivity index (χ1) is 16.5. The molecule has 34 heavy (non-hydrogen) atoms. The van der Waals surface area contributed by atoms with Gasteiger partial charge in [0.05, 0.1) is 27.4 Å². The number of nitrogens with zero attached hydrogens (tertiary/aromatic N) is 5.